The molecule has 3 heterocycles. The number of amides is 2. The van der Waals surface area contributed by atoms with Crippen LogP contribution < -0.4 is 5.32 Å². The highest BCUT2D eigenvalue weighted by molar-refractivity contribution is 7.89. The predicted molar refractivity (Wildman–Crippen MR) is 160 cm³/mol. The van der Waals surface area contributed by atoms with Crippen molar-refractivity contribution in [2.45, 2.75) is 62.7 Å². The van der Waals surface area contributed by atoms with E-state index < -0.39 is 28.3 Å². The molecule has 2 amide bonds. The number of carbonyl (C=O) groups excluding carboxylic acids is 2. The van der Waals surface area contributed by atoms with E-state index in [0.717, 1.165) is 17.5 Å². The average Bonchev–Trinajstić information content (AvgIpc) is 3.62. The Morgan fingerprint density at radius 1 is 1.11 bits per heavy atom. The molecular formula is C32H41N3O8S. The van der Waals surface area contributed by atoms with Gasteiger partial charge >= 0.3 is 6.09 Å². The number of hydrogen-bond acceptors (Lipinski definition) is 8. The fourth-order valence-corrected chi connectivity index (χ4v) is 8.71. The molecule has 6 rings (SSSR count). The number of aliphatic hydroxyl groups is 1. The van der Waals surface area contributed by atoms with E-state index in [-0.39, 0.29) is 66.4 Å². The lowest BCUT2D eigenvalue weighted by molar-refractivity contribution is -0.169. The third-order valence-corrected chi connectivity index (χ3v) is 11.1. The average molecular weight is 628 g/mol. The molecule has 4 aliphatic rings. The van der Waals surface area contributed by atoms with Gasteiger partial charge in [-0.25, -0.2) is 13.2 Å². The number of fused-ring (bicyclic) bond motifs is 2. The Kier molecular flexibility index (Phi) is 8.73. The minimum absolute atomic E-state index is 0.00798. The lowest BCUT2D eigenvalue weighted by atomic mass is 9.98. The lowest BCUT2D eigenvalue weighted by Gasteiger charge is -2.31. The van der Waals surface area contributed by atoms with Crippen LogP contribution in [0.15, 0.2) is 53.4 Å². The minimum atomic E-state index is -4.09. The molecule has 0 radical (unpaired) electrons. The van der Waals surface area contributed by atoms with Crippen LogP contribution in [0, 0.1) is 23.7 Å². The van der Waals surface area contributed by atoms with Crippen LogP contribution in [-0.2, 0) is 37.2 Å². The van der Waals surface area contributed by atoms with Crippen molar-refractivity contribution in [3.63, 3.8) is 0 Å². The first-order valence-electron chi connectivity index (χ1n) is 15.3. The molecule has 1 aliphatic carbocycles. The molecule has 2 aromatic rings. The van der Waals surface area contributed by atoms with E-state index in [0.29, 0.717) is 25.3 Å². The first-order valence-corrected chi connectivity index (χ1v) is 16.8. The number of rotatable bonds is 11. The van der Waals surface area contributed by atoms with Crippen LogP contribution in [0.3, 0.4) is 0 Å². The number of nitrogens with zero attached hydrogens (tertiary/aromatic N) is 2. The minimum Gasteiger partial charge on any atom is -0.445 e. The van der Waals surface area contributed by atoms with Gasteiger partial charge in [-0.05, 0) is 42.0 Å². The maximum absolute atomic E-state index is 14.0. The normalized spacial score (nSPS) is 27.1. The number of aliphatic hydroxyl groups excluding tert-OH is 1. The topological polar surface area (TPSA) is 135 Å². The Balaban J connectivity index is 1.21. The SMILES string of the molecule is CC(C)CN(C[C@@H](O)[C@H](Cc1ccccc1)NC(=O)OC1C2COC3OC[C@H]1CC32)S(=O)(=O)c1ccc2c(c1)C(=O)N(C)C2. The largest absolute Gasteiger partial charge is 0.445 e. The van der Waals surface area contributed by atoms with Gasteiger partial charge in [-0.1, -0.05) is 50.2 Å². The van der Waals surface area contributed by atoms with Crippen LogP contribution in [-0.4, -0.2) is 92.6 Å². The molecule has 2 bridgehead atoms. The monoisotopic (exact) mass is 627 g/mol. The van der Waals surface area contributed by atoms with Gasteiger partial charge in [0.05, 0.1) is 30.3 Å². The molecule has 238 valence electrons. The van der Waals surface area contributed by atoms with Crippen molar-refractivity contribution in [1.29, 1.82) is 0 Å². The van der Waals surface area contributed by atoms with Crippen LogP contribution in [0.5, 0.6) is 0 Å². The Labute approximate surface area is 258 Å². The van der Waals surface area contributed by atoms with Gasteiger partial charge in [0.15, 0.2) is 6.29 Å². The molecule has 7 atom stereocenters. The summed E-state index contributed by atoms with van der Waals surface area (Å²) in [5.74, 6) is 0.101. The van der Waals surface area contributed by atoms with Crippen molar-refractivity contribution in [2.24, 2.45) is 23.7 Å². The van der Waals surface area contributed by atoms with Gasteiger partial charge in [-0.2, -0.15) is 4.31 Å². The van der Waals surface area contributed by atoms with Gasteiger partial charge in [-0.15, -0.1) is 0 Å². The quantitative estimate of drug-likeness (QED) is 0.389. The summed E-state index contributed by atoms with van der Waals surface area (Å²) in [7, 11) is -2.42. The van der Waals surface area contributed by atoms with Gasteiger partial charge in [-0.3, -0.25) is 4.79 Å². The number of hydrogen-bond donors (Lipinski definition) is 2. The highest BCUT2D eigenvalue weighted by Gasteiger charge is 2.56. The summed E-state index contributed by atoms with van der Waals surface area (Å²) in [4.78, 5) is 27.5. The first-order chi connectivity index (χ1) is 21.0. The predicted octanol–water partition coefficient (Wildman–Crippen LogP) is 2.62. The second-order valence-electron chi connectivity index (χ2n) is 12.9. The maximum atomic E-state index is 14.0. The van der Waals surface area contributed by atoms with Crippen LogP contribution in [0.2, 0.25) is 0 Å². The molecule has 2 N–H and O–H groups in total. The molecule has 0 aromatic heterocycles. The zero-order valence-electron chi connectivity index (χ0n) is 25.3. The van der Waals surface area contributed by atoms with Crippen molar-refractivity contribution >= 4 is 22.0 Å². The van der Waals surface area contributed by atoms with E-state index in [1.165, 1.54) is 16.4 Å². The van der Waals surface area contributed by atoms with Crippen LogP contribution in [0.4, 0.5) is 4.79 Å². The van der Waals surface area contributed by atoms with Crippen molar-refractivity contribution in [3.05, 3.63) is 65.2 Å². The van der Waals surface area contributed by atoms with E-state index in [2.05, 4.69) is 5.32 Å². The Morgan fingerprint density at radius 3 is 2.61 bits per heavy atom. The molecule has 11 nitrogen and oxygen atoms in total. The Bertz CT molecular complexity index is 1490. The zero-order chi connectivity index (χ0) is 31.2. The summed E-state index contributed by atoms with van der Waals surface area (Å²) in [6, 6.07) is 13.2. The smallest absolute Gasteiger partial charge is 0.407 e. The highest BCUT2D eigenvalue weighted by atomic mass is 32.2. The summed E-state index contributed by atoms with van der Waals surface area (Å²) in [5.41, 5.74) is 2.01. The summed E-state index contributed by atoms with van der Waals surface area (Å²) >= 11 is 0. The van der Waals surface area contributed by atoms with E-state index in [4.69, 9.17) is 14.2 Å². The van der Waals surface area contributed by atoms with Gasteiger partial charge in [0.25, 0.3) is 5.91 Å². The summed E-state index contributed by atoms with van der Waals surface area (Å²) in [6.45, 7) is 5.04. The summed E-state index contributed by atoms with van der Waals surface area (Å²) in [5, 5.41) is 14.4. The lowest BCUT2D eigenvalue weighted by Crippen LogP contribution is -2.52. The number of carbonyl (C=O) groups is 2. The fraction of sp³-hybridized carbons (Fsp3) is 0.562. The zero-order valence-corrected chi connectivity index (χ0v) is 26.1. The van der Waals surface area contributed by atoms with Crippen molar-refractivity contribution in [2.75, 3.05) is 33.4 Å². The van der Waals surface area contributed by atoms with Crippen molar-refractivity contribution < 1.29 is 37.3 Å². The van der Waals surface area contributed by atoms with Gasteiger partial charge in [0.2, 0.25) is 10.0 Å². The maximum Gasteiger partial charge on any atom is 0.407 e. The molecule has 2 saturated heterocycles. The first kappa shape index (κ1) is 31.0. The van der Waals surface area contributed by atoms with E-state index >= 15 is 0 Å². The molecule has 3 aliphatic heterocycles. The van der Waals surface area contributed by atoms with Crippen LogP contribution >= 0.6 is 0 Å². The van der Waals surface area contributed by atoms with Gasteiger partial charge in [0, 0.05) is 50.0 Å². The molecule has 44 heavy (non-hydrogen) atoms. The summed E-state index contributed by atoms with van der Waals surface area (Å²) in [6.07, 6.45) is -1.36. The molecule has 2 aromatic carbocycles. The second-order valence-corrected chi connectivity index (χ2v) is 14.9. The Morgan fingerprint density at radius 2 is 1.86 bits per heavy atom. The Hall–Kier alpha value is -3.03. The van der Waals surface area contributed by atoms with E-state index in [1.807, 2.05) is 44.2 Å². The molecule has 3 fully saturated rings. The summed E-state index contributed by atoms with van der Waals surface area (Å²) < 4.78 is 46.6. The molecule has 12 heteroatoms. The van der Waals surface area contributed by atoms with E-state index in [9.17, 15) is 23.1 Å². The number of nitrogens with one attached hydrogen (secondary N) is 1. The van der Waals surface area contributed by atoms with Crippen molar-refractivity contribution in [3.8, 4) is 0 Å². The van der Waals surface area contributed by atoms with E-state index in [1.54, 1.807) is 18.0 Å². The third-order valence-electron chi connectivity index (χ3n) is 9.26. The number of alkyl carbamates (subject to hydrolysis) is 1. The molecule has 1 saturated carbocycles. The number of benzene rings is 2. The van der Waals surface area contributed by atoms with Crippen molar-refractivity contribution in [1.82, 2.24) is 14.5 Å². The van der Waals surface area contributed by atoms with Crippen LogP contribution in [0.1, 0.15) is 41.8 Å². The number of ether oxygens (including phenoxy) is 3. The molecular weight excluding hydrogens is 586 g/mol. The fourth-order valence-electron chi connectivity index (χ4n) is 7.06. The van der Waals surface area contributed by atoms with Crippen LogP contribution in [0.25, 0.3) is 0 Å². The standard InChI is InChI=1S/C32H41N3O8S/c1-19(2)14-35(44(39,40)23-10-9-21-15-34(3)30(37)24(21)13-23)16-28(36)27(11-20-7-5-4-6-8-20)33-32(38)43-29-22-12-25-26(29)18-42-31(25)41-17-22/h4-10,13,19,22,25-29,31,36H,11-12,14-18H2,1-3H3,(H,33,38)/t22-,25?,26?,27+,28-,29?,31?/m1/s1. The molecule has 4 unspecified atom stereocenters. The molecule has 0 spiro atoms. The second kappa shape index (κ2) is 12.4. The van der Waals surface area contributed by atoms with Gasteiger partial charge < -0.3 is 29.5 Å². The van der Waals surface area contributed by atoms with Gasteiger partial charge in [0.1, 0.15) is 6.10 Å². The third kappa shape index (κ3) is 6.10. The highest BCUT2D eigenvalue weighted by Crippen LogP contribution is 2.49. The number of sulfonamides is 1.